The Morgan fingerprint density at radius 2 is 1.58 bits per heavy atom. The number of hydrazone groups is 1. The lowest BCUT2D eigenvalue weighted by atomic mass is 10.1. The largest absolute Gasteiger partial charge is 0.493 e. The number of benzene rings is 3. The minimum absolute atomic E-state index is 0.208. The standard InChI is InChI=1S/C24H23N3O4/c1-16-5-4-6-19(13-16)23(28)26-20-10-8-18(9-11-20)24(29)27-25-15-17-7-12-21(30-2)22(14-17)31-3/h4-15H,1-3H3,(H,26,28)(H,27,29)/b25-15-. The van der Waals surface area contributed by atoms with Gasteiger partial charge in [0, 0.05) is 16.8 Å². The molecule has 0 heterocycles. The SMILES string of the molecule is COc1ccc(/C=N\NC(=O)c2ccc(NC(=O)c3cccc(C)c3)cc2)cc1OC. The highest BCUT2D eigenvalue weighted by Gasteiger charge is 2.08. The van der Waals surface area contributed by atoms with Crippen LogP contribution in [-0.4, -0.2) is 32.2 Å². The summed E-state index contributed by atoms with van der Waals surface area (Å²) < 4.78 is 10.4. The summed E-state index contributed by atoms with van der Waals surface area (Å²) in [5, 5.41) is 6.79. The van der Waals surface area contributed by atoms with Gasteiger partial charge in [0.25, 0.3) is 11.8 Å². The van der Waals surface area contributed by atoms with Crippen LogP contribution in [0.25, 0.3) is 0 Å². The summed E-state index contributed by atoms with van der Waals surface area (Å²) >= 11 is 0. The molecule has 3 aromatic carbocycles. The van der Waals surface area contributed by atoms with Crippen molar-refractivity contribution in [1.29, 1.82) is 0 Å². The van der Waals surface area contributed by atoms with Gasteiger partial charge in [0.1, 0.15) is 0 Å². The first-order chi connectivity index (χ1) is 15.0. The number of amides is 2. The second-order valence-corrected chi connectivity index (χ2v) is 6.71. The molecule has 0 spiro atoms. The quantitative estimate of drug-likeness (QED) is 0.449. The van der Waals surface area contributed by atoms with Gasteiger partial charge in [0.05, 0.1) is 20.4 Å². The number of carbonyl (C=O) groups excluding carboxylic acids is 2. The molecule has 0 unspecified atom stereocenters. The molecule has 7 nitrogen and oxygen atoms in total. The number of carbonyl (C=O) groups is 2. The average molecular weight is 417 g/mol. The third-order valence-electron chi connectivity index (χ3n) is 4.47. The lowest BCUT2D eigenvalue weighted by Gasteiger charge is -2.07. The van der Waals surface area contributed by atoms with Crippen molar-refractivity contribution in [3.63, 3.8) is 0 Å². The molecule has 0 aromatic heterocycles. The van der Waals surface area contributed by atoms with Crippen molar-refractivity contribution in [3.05, 3.63) is 89.0 Å². The highest BCUT2D eigenvalue weighted by Crippen LogP contribution is 2.26. The maximum absolute atomic E-state index is 12.3. The molecule has 0 aliphatic heterocycles. The van der Waals surface area contributed by atoms with E-state index in [1.54, 1.807) is 62.8 Å². The van der Waals surface area contributed by atoms with Crippen molar-refractivity contribution in [2.45, 2.75) is 6.92 Å². The summed E-state index contributed by atoms with van der Waals surface area (Å²) in [6.45, 7) is 1.93. The van der Waals surface area contributed by atoms with Crippen LogP contribution in [0.2, 0.25) is 0 Å². The Labute approximate surface area is 180 Å². The molecule has 0 radical (unpaired) electrons. The summed E-state index contributed by atoms with van der Waals surface area (Å²) in [5.41, 5.74) is 5.81. The number of nitrogens with zero attached hydrogens (tertiary/aromatic N) is 1. The fraction of sp³-hybridized carbons (Fsp3) is 0.125. The number of methoxy groups -OCH3 is 2. The minimum Gasteiger partial charge on any atom is -0.493 e. The van der Waals surface area contributed by atoms with E-state index >= 15 is 0 Å². The zero-order valence-electron chi connectivity index (χ0n) is 17.5. The topological polar surface area (TPSA) is 89.0 Å². The molecule has 0 aliphatic carbocycles. The van der Waals surface area contributed by atoms with E-state index in [2.05, 4.69) is 15.8 Å². The molecule has 0 saturated heterocycles. The minimum atomic E-state index is -0.367. The van der Waals surface area contributed by atoms with Gasteiger partial charge in [-0.25, -0.2) is 5.43 Å². The highest BCUT2D eigenvalue weighted by atomic mass is 16.5. The predicted octanol–water partition coefficient (Wildman–Crippen LogP) is 4.03. The van der Waals surface area contributed by atoms with E-state index in [0.29, 0.717) is 28.3 Å². The fourth-order valence-corrected chi connectivity index (χ4v) is 2.86. The van der Waals surface area contributed by atoms with Crippen LogP contribution in [0, 0.1) is 6.92 Å². The first-order valence-corrected chi connectivity index (χ1v) is 9.53. The Balaban J connectivity index is 1.59. The van der Waals surface area contributed by atoms with Crippen LogP contribution >= 0.6 is 0 Å². The van der Waals surface area contributed by atoms with Gasteiger partial charge in [-0.3, -0.25) is 9.59 Å². The third kappa shape index (κ3) is 5.70. The van der Waals surface area contributed by atoms with Crippen molar-refractivity contribution >= 4 is 23.7 Å². The number of hydrogen-bond acceptors (Lipinski definition) is 5. The number of nitrogens with one attached hydrogen (secondary N) is 2. The van der Waals surface area contributed by atoms with Crippen LogP contribution in [0.15, 0.2) is 71.8 Å². The van der Waals surface area contributed by atoms with E-state index in [-0.39, 0.29) is 11.8 Å². The molecule has 0 atom stereocenters. The zero-order valence-corrected chi connectivity index (χ0v) is 17.5. The molecular weight excluding hydrogens is 394 g/mol. The summed E-state index contributed by atoms with van der Waals surface area (Å²) in [6, 6.07) is 19.2. The van der Waals surface area contributed by atoms with Gasteiger partial charge < -0.3 is 14.8 Å². The van der Waals surface area contributed by atoms with Crippen LogP contribution in [0.1, 0.15) is 31.8 Å². The normalized spacial score (nSPS) is 10.5. The summed E-state index contributed by atoms with van der Waals surface area (Å²) in [6.07, 6.45) is 1.51. The molecule has 0 saturated carbocycles. The Bertz CT molecular complexity index is 1110. The molecule has 0 fully saturated rings. The molecule has 2 amide bonds. The smallest absolute Gasteiger partial charge is 0.271 e. The molecule has 7 heteroatoms. The lowest BCUT2D eigenvalue weighted by Crippen LogP contribution is -2.18. The van der Waals surface area contributed by atoms with Gasteiger partial charge in [0.2, 0.25) is 0 Å². The van der Waals surface area contributed by atoms with Crippen LogP contribution in [0.5, 0.6) is 11.5 Å². The molecule has 0 bridgehead atoms. The molecule has 31 heavy (non-hydrogen) atoms. The molecule has 158 valence electrons. The molecule has 3 aromatic rings. The maximum Gasteiger partial charge on any atom is 0.271 e. The van der Waals surface area contributed by atoms with Crippen LogP contribution in [0.4, 0.5) is 5.69 Å². The first kappa shape index (κ1) is 21.6. The van der Waals surface area contributed by atoms with E-state index in [1.165, 1.54) is 6.21 Å². The number of rotatable bonds is 7. The van der Waals surface area contributed by atoms with E-state index in [4.69, 9.17) is 9.47 Å². The van der Waals surface area contributed by atoms with Crippen molar-refractivity contribution in [1.82, 2.24) is 5.43 Å². The molecule has 2 N–H and O–H groups in total. The van der Waals surface area contributed by atoms with Crippen molar-refractivity contribution in [3.8, 4) is 11.5 Å². The van der Waals surface area contributed by atoms with Crippen molar-refractivity contribution in [2.75, 3.05) is 19.5 Å². The predicted molar refractivity (Wildman–Crippen MR) is 120 cm³/mol. The Hall–Kier alpha value is -4.13. The highest BCUT2D eigenvalue weighted by molar-refractivity contribution is 6.04. The number of hydrogen-bond donors (Lipinski definition) is 2. The second-order valence-electron chi connectivity index (χ2n) is 6.71. The van der Waals surface area contributed by atoms with Crippen LogP contribution in [0.3, 0.4) is 0 Å². The Morgan fingerprint density at radius 1 is 0.839 bits per heavy atom. The zero-order chi connectivity index (χ0) is 22.2. The monoisotopic (exact) mass is 417 g/mol. The fourth-order valence-electron chi connectivity index (χ4n) is 2.86. The third-order valence-corrected chi connectivity index (χ3v) is 4.47. The van der Waals surface area contributed by atoms with Crippen LogP contribution < -0.4 is 20.2 Å². The van der Waals surface area contributed by atoms with Gasteiger partial charge in [-0.2, -0.15) is 5.10 Å². The first-order valence-electron chi connectivity index (χ1n) is 9.53. The lowest BCUT2D eigenvalue weighted by molar-refractivity contribution is 0.0954. The van der Waals surface area contributed by atoms with Crippen molar-refractivity contribution < 1.29 is 19.1 Å². The number of aryl methyl sites for hydroxylation is 1. The molecule has 0 aliphatic rings. The maximum atomic E-state index is 12.3. The number of ether oxygens (including phenoxy) is 2. The number of anilines is 1. The van der Waals surface area contributed by atoms with Gasteiger partial charge in [-0.05, 0) is 67.1 Å². The van der Waals surface area contributed by atoms with Gasteiger partial charge in [-0.15, -0.1) is 0 Å². The van der Waals surface area contributed by atoms with Crippen LogP contribution in [-0.2, 0) is 0 Å². The molecular formula is C24H23N3O4. The van der Waals surface area contributed by atoms with E-state index < -0.39 is 0 Å². The van der Waals surface area contributed by atoms with E-state index in [1.807, 2.05) is 25.1 Å². The average Bonchev–Trinajstić information content (AvgIpc) is 2.79. The Morgan fingerprint density at radius 3 is 2.26 bits per heavy atom. The van der Waals surface area contributed by atoms with Gasteiger partial charge in [-0.1, -0.05) is 17.7 Å². The summed E-state index contributed by atoms with van der Waals surface area (Å²) in [5.74, 6) is 0.605. The summed E-state index contributed by atoms with van der Waals surface area (Å²) in [4.78, 5) is 24.6. The van der Waals surface area contributed by atoms with E-state index in [9.17, 15) is 9.59 Å². The van der Waals surface area contributed by atoms with Crippen molar-refractivity contribution in [2.24, 2.45) is 5.10 Å². The van der Waals surface area contributed by atoms with Gasteiger partial charge >= 0.3 is 0 Å². The van der Waals surface area contributed by atoms with Gasteiger partial charge in [0.15, 0.2) is 11.5 Å². The Kier molecular flexibility index (Phi) is 7.01. The summed E-state index contributed by atoms with van der Waals surface area (Å²) in [7, 11) is 3.11. The van der Waals surface area contributed by atoms with E-state index in [0.717, 1.165) is 11.1 Å². The molecule has 3 rings (SSSR count). The second kappa shape index (κ2) is 10.1.